The SMILES string of the molecule is CC(C)(COCc1ccccc1)COc1ccc(-c2ccc(C(=O)N3CCOCC3)cc2)cc1Cl. The Kier molecular flexibility index (Phi) is 8.45. The Morgan fingerprint density at radius 3 is 2.31 bits per heavy atom. The number of benzene rings is 3. The predicted octanol–water partition coefficient (Wildman–Crippen LogP) is 6.10. The number of nitrogens with zero attached hydrogens (tertiary/aromatic N) is 1. The zero-order chi connectivity index (χ0) is 24.7. The summed E-state index contributed by atoms with van der Waals surface area (Å²) in [5.41, 5.74) is 3.63. The number of rotatable bonds is 9. The van der Waals surface area contributed by atoms with Crippen LogP contribution in [0.2, 0.25) is 5.02 Å². The zero-order valence-electron chi connectivity index (χ0n) is 20.3. The van der Waals surface area contributed by atoms with E-state index in [4.69, 9.17) is 25.8 Å². The zero-order valence-corrected chi connectivity index (χ0v) is 21.1. The summed E-state index contributed by atoms with van der Waals surface area (Å²) in [6, 6.07) is 23.5. The number of halogens is 1. The van der Waals surface area contributed by atoms with E-state index >= 15 is 0 Å². The van der Waals surface area contributed by atoms with Crippen molar-refractivity contribution in [2.24, 2.45) is 5.41 Å². The van der Waals surface area contributed by atoms with Crippen LogP contribution in [-0.4, -0.2) is 50.3 Å². The van der Waals surface area contributed by atoms with E-state index in [1.165, 1.54) is 0 Å². The van der Waals surface area contributed by atoms with Crippen molar-refractivity contribution in [3.63, 3.8) is 0 Å². The molecule has 6 heteroatoms. The molecule has 3 aromatic rings. The first kappa shape index (κ1) is 25.2. The minimum absolute atomic E-state index is 0.0389. The summed E-state index contributed by atoms with van der Waals surface area (Å²) in [7, 11) is 0. The van der Waals surface area contributed by atoms with Gasteiger partial charge in [-0.05, 0) is 41.0 Å². The second kappa shape index (κ2) is 11.7. The molecular weight excluding hydrogens is 462 g/mol. The Morgan fingerprint density at radius 1 is 0.943 bits per heavy atom. The summed E-state index contributed by atoms with van der Waals surface area (Å²) in [6.07, 6.45) is 0. The molecule has 1 aliphatic rings. The first-order chi connectivity index (χ1) is 16.9. The van der Waals surface area contributed by atoms with Crippen LogP contribution < -0.4 is 4.74 Å². The molecule has 0 unspecified atom stereocenters. The molecule has 184 valence electrons. The van der Waals surface area contributed by atoms with Crippen LogP contribution in [-0.2, 0) is 16.1 Å². The highest BCUT2D eigenvalue weighted by molar-refractivity contribution is 6.32. The van der Waals surface area contributed by atoms with E-state index in [0.29, 0.717) is 62.5 Å². The lowest BCUT2D eigenvalue weighted by molar-refractivity contribution is 0.0259. The average molecular weight is 494 g/mol. The van der Waals surface area contributed by atoms with Crippen molar-refractivity contribution >= 4 is 17.5 Å². The highest BCUT2D eigenvalue weighted by Crippen LogP contribution is 2.32. The molecule has 1 saturated heterocycles. The van der Waals surface area contributed by atoms with Crippen LogP contribution in [0.15, 0.2) is 72.8 Å². The van der Waals surface area contributed by atoms with E-state index in [2.05, 4.69) is 26.0 Å². The summed E-state index contributed by atoms with van der Waals surface area (Å²) >= 11 is 6.55. The second-order valence-corrected chi connectivity index (χ2v) is 9.97. The third-order valence-corrected chi connectivity index (χ3v) is 6.21. The van der Waals surface area contributed by atoms with E-state index in [1.54, 1.807) is 0 Å². The normalized spacial score (nSPS) is 14.1. The molecule has 1 heterocycles. The molecule has 1 amide bonds. The molecule has 1 aliphatic heterocycles. The van der Waals surface area contributed by atoms with Crippen molar-refractivity contribution in [1.29, 1.82) is 0 Å². The van der Waals surface area contributed by atoms with E-state index in [-0.39, 0.29) is 11.3 Å². The molecule has 0 aliphatic carbocycles. The molecule has 4 rings (SSSR count). The van der Waals surface area contributed by atoms with Gasteiger partial charge in [0.05, 0.1) is 38.1 Å². The van der Waals surface area contributed by atoms with Gasteiger partial charge in [0.2, 0.25) is 0 Å². The minimum atomic E-state index is -0.167. The largest absolute Gasteiger partial charge is 0.491 e. The van der Waals surface area contributed by atoms with Crippen LogP contribution in [0.25, 0.3) is 11.1 Å². The highest BCUT2D eigenvalue weighted by atomic mass is 35.5. The van der Waals surface area contributed by atoms with Gasteiger partial charge in [-0.15, -0.1) is 0 Å². The average Bonchev–Trinajstić information content (AvgIpc) is 2.89. The summed E-state index contributed by atoms with van der Waals surface area (Å²) in [6.45, 7) is 8.31. The predicted molar refractivity (Wildman–Crippen MR) is 139 cm³/mol. The molecule has 0 N–H and O–H groups in total. The number of carbonyl (C=O) groups is 1. The molecule has 0 bridgehead atoms. The molecule has 0 aromatic heterocycles. The van der Waals surface area contributed by atoms with Crippen LogP contribution in [0.4, 0.5) is 0 Å². The van der Waals surface area contributed by atoms with E-state index in [9.17, 15) is 4.79 Å². The van der Waals surface area contributed by atoms with Crippen molar-refractivity contribution in [2.75, 3.05) is 39.5 Å². The van der Waals surface area contributed by atoms with Gasteiger partial charge in [0.1, 0.15) is 5.75 Å². The van der Waals surface area contributed by atoms with Crippen LogP contribution in [0.5, 0.6) is 5.75 Å². The Morgan fingerprint density at radius 2 is 1.63 bits per heavy atom. The maximum atomic E-state index is 12.7. The van der Waals surface area contributed by atoms with Crippen LogP contribution in [0.3, 0.4) is 0 Å². The van der Waals surface area contributed by atoms with Gasteiger partial charge in [0.25, 0.3) is 5.91 Å². The Balaban J connectivity index is 1.32. The standard InChI is InChI=1S/C29H32ClNO4/c1-29(2,20-34-19-22-6-4-3-5-7-22)21-35-27-13-12-25(18-26(27)30)23-8-10-24(11-9-23)28(32)31-14-16-33-17-15-31/h3-13,18H,14-17,19-21H2,1-2H3. The quantitative estimate of drug-likeness (QED) is 0.361. The number of morpholine rings is 1. The van der Waals surface area contributed by atoms with E-state index in [0.717, 1.165) is 16.7 Å². The molecule has 0 spiro atoms. The fourth-order valence-corrected chi connectivity index (χ4v) is 4.12. The lowest BCUT2D eigenvalue weighted by atomic mass is 9.96. The van der Waals surface area contributed by atoms with Crippen molar-refractivity contribution in [1.82, 2.24) is 4.90 Å². The molecule has 5 nitrogen and oxygen atoms in total. The lowest BCUT2D eigenvalue weighted by Crippen LogP contribution is -2.40. The smallest absolute Gasteiger partial charge is 0.254 e. The maximum Gasteiger partial charge on any atom is 0.254 e. The van der Waals surface area contributed by atoms with Gasteiger partial charge < -0.3 is 19.1 Å². The van der Waals surface area contributed by atoms with Crippen molar-refractivity contribution in [3.05, 3.63) is 88.9 Å². The topological polar surface area (TPSA) is 48.0 Å². The number of ether oxygens (including phenoxy) is 3. The van der Waals surface area contributed by atoms with Gasteiger partial charge in [-0.2, -0.15) is 0 Å². The number of amides is 1. The van der Waals surface area contributed by atoms with Crippen molar-refractivity contribution in [2.45, 2.75) is 20.5 Å². The third-order valence-electron chi connectivity index (χ3n) is 5.92. The first-order valence-electron chi connectivity index (χ1n) is 11.9. The summed E-state index contributed by atoms with van der Waals surface area (Å²) in [5, 5.41) is 0.553. The van der Waals surface area contributed by atoms with Crippen LogP contribution in [0.1, 0.15) is 29.8 Å². The monoisotopic (exact) mass is 493 g/mol. The Bertz CT molecular complexity index is 1110. The van der Waals surface area contributed by atoms with Crippen molar-refractivity contribution < 1.29 is 19.0 Å². The Hall–Kier alpha value is -2.86. The second-order valence-electron chi connectivity index (χ2n) is 9.56. The molecular formula is C29H32ClNO4. The summed E-state index contributed by atoms with van der Waals surface area (Å²) in [5.74, 6) is 0.683. The lowest BCUT2D eigenvalue weighted by Gasteiger charge is -2.26. The van der Waals surface area contributed by atoms with Crippen molar-refractivity contribution in [3.8, 4) is 16.9 Å². The fourth-order valence-electron chi connectivity index (χ4n) is 3.89. The van der Waals surface area contributed by atoms with Crippen LogP contribution >= 0.6 is 11.6 Å². The fraction of sp³-hybridized carbons (Fsp3) is 0.345. The minimum Gasteiger partial charge on any atom is -0.491 e. The Labute approximate surface area is 212 Å². The molecule has 0 radical (unpaired) electrons. The number of hydrogen-bond acceptors (Lipinski definition) is 4. The van der Waals surface area contributed by atoms with Gasteiger partial charge in [-0.1, -0.05) is 74.0 Å². The molecule has 0 atom stereocenters. The van der Waals surface area contributed by atoms with Gasteiger partial charge in [0.15, 0.2) is 0 Å². The number of hydrogen-bond donors (Lipinski definition) is 0. The first-order valence-corrected chi connectivity index (χ1v) is 12.3. The maximum absolute atomic E-state index is 12.7. The third kappa shape index (κ3) is 7.07. The van der Waals surface area contributed by atoms with Gasteiger partial charge >= 0.3 is 0 Å². The number of carbonyl (C=O) groups excluding carboxylic acids is 1. The van der Waals surface area contributed by atoms with E-state index in [1.807, 2.05) is 65.6 Å². The molecule has 3 aromatic carbocycles. The highest BCUT2D eigenvalue weighted by Gasteiger charge is 2.21. The van der Waals surface area contributed by atoms with Gasteiger partial charge in [0, 0.05) is 24.1 Å². The van der Waals surface area contributed by atoms with Crippen LogP contribution in [0, 0.1) is 5.41 Å². The van der Waals surface area contributed by atoms with Gasteiger partial charge in [-0.25, -0.2) is 0 Å². The van der Waals surface area contributed by atoms with E-state index < -0.39 is 0 Å². The summed E-state index contributed by atoms with van der Waals surface area (Å²) < 4.78 is 17.3. The molecule has 1 fully saturated rings. The van der Waals surface area contributed by atoms with Gasteiger partial charge in [-0.3, -0.25) is 4.79 Å². The molecule has 0 saturated carbocycles. The summed E-state index contributed by atoms with van der Waals surface area (Å²) in [4.78, 5) is 14.5. The molecule has 35 heavy (non-hydrogen) atoms.